The van der Waals surface area contributed by atoms with Crippen LogP contribution in [0, 0.1) is 5.92 Å². The van der Waals surface area contributed by atoms with E-state index < -0.39 is 10.0 Å². The summed E-state index contributed by atoms with van der Waals surface area (Å²) in [7, 11) is -3.53. The molecule has 0 radical (unpaired) electrons. The molecule has 0 spiro atoms. The number of aryl methyl sites for hydroxylation is 2. The van der Waals surface area contributed by atoms with E-state index in [4.69, 9.17) is 9.47 Å². The van der Waals surface area contributed by atoms with Crippen LogP contribution in [0.3, 0.4) is 0 Å². The van der Waals surface area contributed by atoms with Crippen molar-refractivity contribution in [3.8, 4) is 11.5 Å². The van der Waals surface area contributed by atoms with Gasteiger partial charge in [-0.3, -0.25) is 4.79 Å². The minimum Gasteiger partial charge on any atom is -0.486 e. The molecular formula is C24H28N2O5S. The fourth-order valence-electron chi connectivity index (χ4n) is 4.74. The number of carbonyl (C=O) groups excluding carboxylic acids is 1. The molecule has 2 aromatic rings. The highest BCUT2D eigenvalue weighted by Gasteiger charge is 2.33. The first kappa shape index (κ1) is 21.3. The highest BCUT2D eigenvalue weighted by Crippen LogP contribution is 2.31. The molecule has 0 saturated carbocycles. The van der Waals surface area contributed by atoms with Crippen LogP contribution in [-0.4, -0.2) is 51.0 Å². The molecule has 5 rings (SSSR count). The van der Waals surface area contributed by atoms with Crippen LogP contribution in [0.15, 0.2) is 47.4 Å². The number of carbonyl (C=O) groups is 1. The maximum Gasteiger partial charge on any atom is 0.243 e. The maximum absolute atomic E-state index is 13.1. The molecule has 0 bridgehead atoms. The van der Waals surface area contributed by atoms with Gasteiger partial charge >= 0.3 is 0 Å². The van der Waals surface area contributed by atoms with E-state index in [1.165, 1.54) is 9.87 Å². The Morgan fingerprint density at radius 2 is 1.78 bits per heavy atom. The van der Waals surface area contributed by atoms with Gasteiger partial charge in [-0.15, -0.1) is 0 Å². The predicted octanol–water partition coefficient (Wildman–Crippen LogP) is 2.53. The van der Waals surface area contributed by atoms with Crippen LogP contribution in [0.4, 0.5) is 0 Å². The van der Waals surface area contributed by atoms with Crippen LogP contribution in [0.2, 0.25) is 0 Å². The molecule has 1 fully saturated rings. The van der Waals surface area contributed by atoms with E-state index in [2.05, 4.69) is 5.32 Å². The van der Waals surface area contributed by atoms with Gasteiger partial charge in [0, 0.05) is 19.0 Å². The van der Waals surface area contributed by atoms with Crippen molar-refractivity contribution >= 4 is 15.9 Å². The molecule has 1 unspecified atom stereocenters. The molecule has 170 valence electrons. The fourth-order valence-corrected chi connectivity index (χ4v) is 6.26. The van der Waals surface area contributed by atoms with Crippen molar-refractivity contribution in [3.63, 3.8) is 0 Å². The zero-order valence-electron chi connectivity index (χ0n) is 18.0. The molecule has 2 aromatic carbocycles. The second-order valence-electron chi connectivity index (χ2n) is 8.71. The summed E-state index contributed by atoms with van der Waals surface area (Å²) in [6, 6.07) is 13.0. The van der Waals surface area contributed by atoms with Crippen molar-refractivity contribution in [1.29, 1.82) is 0 Å². The van der Waals surface area contributed by atoms with E-state index in [0.29, 0.717) is 55.5 Å². The van der Waals surface area contributed by atoms with Gasteiger partial charge in [0.2, 0.25) is 15.9 Å². The van der Waals surface area contributed by atoms with E-state index in [9.17, 15) is 13.2 Å². The first-order valence-corrected chi connectivity index (χ1v) is 12.7. The van der Waals surface area contributed by atoms with Gasteiger partial charge in [-0.05, 0) is 67.5 Å². The van der Waals surface area contributed by atoms with Gasteiger partial charge in [0.25, 0.3) is 0 Å². The topological polar surface area (TPSA) is 84.9 Å². The average Bonchev–Trinajstić information content (AvgIpc) is 3.30. The number of hydrogen-bond acceptors (Lipinski definition) is 5. The molecule has 1 atom stereocenters. The number of sulfonamides is 1. The third kappa shape index (κ3) is 4.21. The first-order chi connectivity index (χ1) is 15.5. The Kier molecular flexibility index (Phi) is 5.82. The third-order valence-electron chi connectivity index (χ3n) is 6.60. The van der Waals surface area contributed by atoms with Gasteiger partial charge in [-0.2, -0.15) is 4.31 Å². The number of ether oxygens (including phenoxy) is 2. The largest absolute Gasteiger partial charge is 0.486 e. The minimum atomic E-state index is -3.53. The number of benzene rings is 2. The Labute approximate surface area is 188 Å². The van der Waals surface area contributed by atoms with Crippen LogP contribution in [-0.2, 0) is 27.7 Å². The molecule has 3 aliphatic rings. The van der Waals surface area contributed by atoms with Gasteiger partial charge in [-0.25, -0.2) is 8.42 Å². The molecule has 1 aliphatic carbocycles. The van der Waals surface area contributed by atoms with Crippen LogP contribution in [0.5, 0.6) is 11.5 Å². The van der Waals surface area contributed by atoms with Crippen molar-refractivity contribution < 1.29 is 22.7 Å². The summed E-state index contributed by atoms with van der Waals surface area (Å²) in [5.41, 5.74) is 2.41. The zero-order valence-corrected chi connectivity index (χ0v) is 18.8. The summed E-state index contributed by atoms with van der Waals surface area (Å²) in [4.78, 5) is 13.0. The number of hydrogen-bond donors (Lipinski definition) is 1. The molecule has 7 nitrogen and oxygen atoms in total. The summed E-state index contributed by atoms with van der Waals surface area (Å²) >= 11 is 0. The second-order valence-corrected chi connectivity index (χ2v) is 10.6. The Bertz CT molecular complexity index is 1110. The van der Waals surface area contributed by atoms with Crippen molar-refractivity contribution in [2.45, 2.75) is 43.1 Å². The number of para-hydroxylation sites is 2. The summed E-state index contributed by atoms with van der Waals surface area (Å²) in [6.45, 7) is 1.46. The second kappa shape index (κ2) is 8.75. The lowest BCUT2D eigenvalue weighted by molar-refractivity contribution is -0.126. The number of amides is 1. The summed E-state index contributed by atoms with van der Waals surface area (Å²) in [5.74, 6) is 1.15. The van der Waals surface area contributed by atoms with Crippen molar-refractivity contribution in [2.75, 3.05) is 26.2 Å². The zero-order chi connectivity index (χ0) is 22.1. The fraction of sp³-hybridized carbons (Fsp3) is 0.458. The van der Waals surface area contributed by atoms with Crippen LogP contribution in [0.25, 0.3) is 0 Å². The molecular weight excluding hydrogens is 428 g/mol. The predicted molar refractivity (Wildman–Crippen MR) is 119 cm³/mol. The number of nitrogens with zero attached hydrogens (tertiary/aromatic N) is 1. The lowest BCUT2D eigenvalue weighted by Gasteiger charge is -2.31. The molecule has 0 aromatic heterocycles. The van der Waals surface area contributed by atoms with Gasteiger partial charge < -0.3 is 14.8 Å². The van der Waals surface area contributed by atoms with Gasteiger partial charge in [0.1, 0.15) is 12.7 Å². The molecule has 8 heteroatoms. The minimum absolute atomic E-state index is 0.0537. The van der Waals surface area contributed by atoms with Gasteiger partial charge in [0.05, 0.1) is 11.4 Å². The highest BCUT2D eigenvalue weighted by atomic mass is 32.2. The quantitative estimate of drug-likeness (QED) is 0.748. The number of nitrogens with one attached hydrogen (secondary N) is 1. The SMILES string of the molecule is O=C(NCC1COc2ccccc2O1)C1CCN(S(=O)(=O)c2ccc3c(c2)CCC3)CC1. The number of rotatable bonds is 5. The Morgan fingerprint density at radius 1 is 1.03 bits per heavy atom. The van der Waals surface area contributed by atoms with E-state index in [1.807, 2.05) is 36.4 Å². The third-order valence-corrected chi connectivity index (χ3v) is 8.50. The number of piperidine rings is 1. The maximum atomic E-state index is 13.1. The monoisotopic (exact) mass is 456 g/mol. The summed E-state index contributed by atoms with van der Waals surface area (Å²) < 4.78 is 39.3. The van der Waals surface area contributed by atoms with Crippen molar-refractivity contribution in [2.24, 2.45) is 5.92 Å². The average molecular weight is 457 g/mol. The Hall–Kier alpha value is -2.58. The smallest absolute Gasteiger partial charge is 0.243 e. The van der Waals surface area contributed by atoms with Crippen LogP contribution < -0.4 is 14.8 Å². The van der Waals surface area contributed by atoms with Crippen molar-refractivity contribution in [1.82, 2.24) is 9.62 Å². The lowest BCUT2D eigenvalue weighted by atomic mass is 9.97. The van der Waals surface area contributed by atoms with Crippen molar-refractivity contribution in [3.05, 3.63) is 53.6 Å². The Balaban J connectivity index is 1.13. The molecule has 1 amide bonds. The molecule has 1 N–H and O–H groups in total. The highest BCUT2D eigenvalue weighted by molar-refractivity contribution is 7.89. The lowest BCUT2D eigenvalue weighted by Crippen LogP contribution is -2.46. The Morgan fingerprint density at radius 3 is 2.59 bits per heavy atom. The molecule has 2 heterocycles. The summed E-state index contributed by atoms with van der Waals surface area (Å²) in [5, 5.41) is 2.95. The first-order valence-electron chi connectivity index (χ1n) is 11.3. The standard InChI is InChI=1S/C24H28N2O5S/c27-24(25-15-20-16-30-22-6-1-2-7-23(22)31-20)18-10-12-26(13-11-18)32(28,29)21-9-8-17-4-3-5-19(17)14-21/h1-2,6-9,14,18,20H,3-5,10-13,15-16H2,(H,25,27). The summed E-state index contributed by atoms with van der Waals surface area (Å²) in [6.07, 6.45) is 3.85. The van der Waals surface area contributed by atoms with Crippen LogP contribution in [0.1, 0.15) is 30.4 Å². The van der Waals surface area contributed by atoms with E-state index >= 15 is 0 Å². The normalized spacial score (nSPS) is 21.2. The van der Waals surface area contributed by atoms with E-state index in [1.54, 1.807) is 6.07 Å². The van der Waals surface area contributed by atoms with Crippen LogP contribution >= 0.6 is 0 Å². The van der Waals surface area contributed by atoms with Gasteiger partial charge in [0.15, 0.2) is 11.5 Å². The van der Waals surface area contributed by atoms with E-state index in [0.717, 1.165) is 24.8 Å². The molecule has 2 aliphatic heterocycles. The molecule has 32 heavy (non-hydrogen) atoms. The molecule has 1 saturated heterocycles. The number of fused-ring (bicyclic) bond motifs is 2. The van der Waals surface area contributed by atoms with E-state index in [-0.39, 0.29) is 17.9 Å². The van der Waals surface area contributed by atoms with Gasteiger partial charge in [-0.1, -0.05) is 18.2 Å².